The molecule has 0 saturated heterocycles. The molecule has 40 heavy (non-hydrogen) atoms. The molecule has 0 aliphatic rings. The highest BCUT2D eigenvalue weighted by atomic mass is 16.1. The van der Waals surface area contributed by atoms with E-state index in [1.54, 1.807) is 6.20 Å². The molecule has 9 heteroatoms. The summed E-state index contributed by atoms with van der Waals surface area (Å²) in [6.45, 7) is 13.5. The number of aromatic amines is 1. The molecular weight excluding hydrogens is 500 g/mol. The van der Waals surface area contributed by atoms with Gasteiger partial charge < -0.3 is 4.57 Å². The Bertz CT molecular complexity index is 1650. The molecule has 5 aromatic rings. The van der Waals surface area contributed by atoms with E-state index in [0.29, 0.717) is 12.4 Å². The van der Waals surface area contributed by atoms with Gasteiger partial charge in [0.2, 0.25) is 0 Å². The van der Waals surface area contributed by atoms with Crippen molar-refractivity contribution in [2.75, 3.05) is 0 Å². The van der Waals surface area contributed by atoms with Gasteiger partial charge in [-0.25, -0.2) is 9.89 Å². The van der Waals surface area contributed by atoms with E-state index in [0.717, 1.165) is 58.6 Å². The van der Waals surface area contributed by atoms with E-state index in [2.05, 4.69) is 84.0 Å². The first-order valence-corrected chi connectivity index (χ1v) is 14.0. The summed E-state index contributed by atoms with van der Waals surface area (Å²) in [6.07, 6.45) is 10.7. The number of rotatable bonds is 9. The number of benzene rings is 1. The number of aromatic nitrogens is 8. The summed E-state index contributed by atoms with van der Waals surface area (Å²) >= 11 is 0. The minimum atomic E-state index is -0.115. The van der Waals surface area contributed by atoms with Gasteiger partial charge in [0.05, 0.1) is 6.54 Å². The molecule has 5 rings (SSSR count). The molecule has 0 saturated carbocycles. The number of nitrogens with zero attached hydrogens (tertiary/aromatic N) is 7. The van der Waals surface area contributed by atoms with Crippen LogP contribution < -0.4 is 5.69 Å². The van der Waals surface area contributed by atoms with E-state index in [1.165, 1.54) is 0 Å². The normalized spacial score (nSPS) is 12.0. The topological polar surface area (TPSA) is 99.2 Å². The highest BCUT2D eigenvalue weighted by Gasteiger charge is 2.26. The number of imidazole rings is 1. The van der Waals surface area contributed by atoms with Gasteiger partial charge in [-0.15, -0.1) is 5.10 Å². The zero-order valence-electron chi connectivity index (χ0n) is 24.2. The Morgan fingerprint density at radius 1 is 1.02 bits per heavy atom. The summed E-state index contributed by atoms with van der Waals surface area (Å²) in [7, 11) is 0. The summed E-state index contributed by atoms with van der Waals surface area (Å²) in [4.78, 5) is 18.7. The monoisotopic (exact) mass is 538 g/mol. The lowest BCUT2D eigenvalue weighted by Gasteiger charge is -2.22. The van der Waals surface area contributed by atoms with E-state index < -0.39 is 0 Å². The van der Waals surface area contributed by atoms with Crippen molar-refractivity contribution in [1.82, 2.24) is 39.3 Å². The van der Waals surface area contributed by atoms with Gasteiger partial charge in [-0.2, -0.15) is 0 Å². The number of hydrogen-bond donors (Lipinski definition) is 1. The van der Waals surface area contributed by atoms with Crippen molar-refractivity contribution >= 4 is 0 Å². The SMILES string of the molecule is CCCCc1cn(-c2c(C(C)(C)C)ccn2C(C)C)c(=O)n1Cc1cnccc1-c1ccccc1-c1nnn[nH]1. The molecule has 0 aliphatic heterocycles. The second kappa shape index (κ2) is 11.1. The van der Waals surface area contributed by atoms with Crippen LogP contribution >= 0.6 is 0 Å². The van der Waals surface area contributed by atoms with Crippen molar-refractivity contribution < 1.29 is 0 Å². The van der Waals surface area contributed by atoms with Crippen molar-refractivity contribution in [1.29, 1.82) is 0 Å². The van der Waals surface area contributed by atoms with Crippen LogP contribution in [0.15, 0.2) is 66.0 Å². The summed E-state index contributed by atoms with van der Waals surface area (Å²) < 4.78 is 5.97. The highest BCUT2D eigenvalue weighted by molar-refractivity contribution is 5.81. The van der Waals surface area contributed by atoms with Gasteiger partial charge in [-0.3, -0.25) is 14.1 Å². The van der Waals surface area contributed by atoms with Crippen LogP contribution in [0.1, 0.15) is 77.2 Å². The number of nitrogens with one attached hydrogen (secondary N) is 1. The first kappa shape index (κ1) is 27.3. The van der Waals surface area contributed by atoms with E-state index in [1.807, 2.05) is 51.9 Å². The lowest BCUT2D eigenvalue weighted by molar-refractivity contribution is 0.553. The van der Waals surface area contributed by atoms with Crippen LogP contribution in [0.25, 0.3) is 28.3 Å². The van der Waals surface area contributed by atoms with Crippen molar-refractivity contribution in [2.24, 2.45) is 0 Å². The molecule has 0 radical (unpaired) electrons. The first-order chi connectivity index (χ1) is 19.2. The number of H-pyrrole nitrogens is 1. The van der Waals surface area contributed by atoms with E-state index in [4.69, 9.17) is 0 Å². The van der Waals surface area contributed by atoms with Gasteiger partial charge in [-0.05, 0) is 71.4 Å². The third-order valence-electron chi connectivity index (χ3n) is 7.38. The van der Waals surface area contributed by atoms with Gasteiger partial charge >= 0.3 is 5.69 Å². The van der Waals surface area contributed by atoms with Gasteiger partial charge in [0.1, 0.15) is 5.82 Å². The minimum absolute atomic E-state index is 0.0419. The Balaban J connectivity index is 1.66. The minimum Gasteiger partial charge on any atom is -0.331 e. The fourth-order valence-electron chi connectivity index (χ4n) is 5.28. The Morgan fingerprint density at radius 2 is 1.80 bits per heavy atom. The van der Waals surface area contributed by atoms with Gasteiger partial charge in [0.15, 0.2) is 5.82 Å². The zero-order valence-corrected chi connectivity index (χ0v) is 24.2. The van der Waals surface area contributed by atoms with E-state index in [-0.39, 0.29) is 17.1 Å². The molecular formula is C31H38N8O. The second-order valence-electron chi connectivity index (χ2n) is 11.6. The van der Waals surface area contributed by atoms with E-state index >= 15 is 0 Å². The number of unbranched alkanes of at least 4 members (excludes halogenated alkanes) is 1. The number of tetrazole rings is 1. The molecule has 9 nitrogen and oxygen atoms in total. The van der Waals surface area contributed by atoms with Crippen LogP contribution in [-0.4, -0.2) is 39.3 Å². The average molecular weight is 539 g/mol. The molecule has 0 bridgehead atoms. The first-order valence-electron chi connectivity index (χ1n) is 14.0. The number of hydrogen-bond acceptors (Lipinski definition) is 5. The molecule has 0 unspecified atom stereocenters. The standard InChI is InChI=1S/C31H38N8O/c1-7-8-11-23-20-39(29-27(31(4,5)6)15-17-37(29)21(2)3)30(40)38(23)19-22-18-32-16-14-24(22)25-12-9-10-13-26(25)28-33-35-36-34-28/h9-10,12-18,20-21H,7-8,11,19H2,1-6H3,(H,33,34,35,36). The smallest absolute Gasteiger partial charge is 0.331 e. The maximum atomic E-state index is 14.3. The van der Waals surface area contributed by atoms with Crippen molar-refractivity contribution in [2.45, 2.75) is 78.8 Å². The lowest BCUT2D eigenvalue weighted by atomic mass is 9.88. The van der Waals surface area contributed by atoms with Crippen molar-refractivity contribution in [3.63, 3.8) is 0 Å². The molecule has 4 aromatic heterocycles. The number of pyridine rings is 1. The third kappa shape index (κ3) is 5.15. The largest absolute Gasteiger partial charge is 0.334 e. The van der Waals surface area contributed by atoms with Crippen molar-refractivity contribution in [3.05, 3.63) is 88.5 Å². The fourth-order valence-corrected chi connectivity index (χ4v) is 5.28. The Hall–Kier alpha value is -4.27. The van der Waals surface area contributed by atoms with Crippen LogP contribution in [0.5, 0.6) is 0 Å². The van der Waals surface area contributed by atoms with Gasteiger partial charge in [0, 0.05) is 47.7 Å². The molecule has 0 spiro atoms. The molecule has 4 heterocycles. The maximum absolute atomic E-state index is 14.3. The van der Waals surface area contributed by atoms with Crippen LogP contribution in [0.2, 0.25) is 0 Å². The second-order valence-corrected chi connectivity index (χ2v) is 11.6. The average Bonchev–Trinajstić information content (AvgIpc) is 3.68. The zero-order chi connectivity index (χ0) is 28.4. The van der Waals surface area contributed by atoms with Crippen LogP contribution in [0.4, 0.5) is 0 Å². The molecule has 0 aliphatic carbocycles. The summed E-state index contributed by atoms with van der Waals surface area (Å²) in [6, 6.07) is 12.4. The quantitative estimate of drug-likeness (QED) is 0.250. The molecule has 1 N–H and O–H groups in total. The Kier molecular flexibility index (Phi) is 7.56. The summed E-state index contributed by atoms with van der Waals surface area (Å²) in [5.41, 5.74) is 5.82. The molecule has 0 atom stereocenters. The lowest BCUT2D eigenvalue weighted by Crippen LogP contribution is -2.28. The summed E-state index contributed by atoms with van der Waals surface area (Å²) in [5.74, 6) is 1.54. The molecule has 0 amide bonds. The fraction of sp³-hybridized carbons (Fsp3) is 0.387. The predicted octanol–water partition coefficient (Wildman–Crippen LogP) is 5.95. The molecule has 0 fully saturated rings. The van der Waals surface area contributed by atoms with E-state index in [9.17, 15) is 4.79 Å². The number of aryl methyl sites for hydroxylation is 1. The molecule has 1 aromatic carbocycles. The van der Waals surface area contributed by atoms with Crippen molar-refractivity contribution in [3.8, 4) is 28.3 Å². The molecule has 208 valence electrons. The maximum Gasteiger partial charge on any atom is 0.334 e. The Morgan fingerprint density at radius 3 is 2.48 bits per heavy atom. The Labute approximate surface area is 234 Å². The van der Waals surface area contributed by atoms with Crippen LogP contribution in [0.3, 0.4) is 0 Å². The van der Waals surface area contributed by atoms with Gasteiger partial charge in [-0.1, -0.05) is 58.4 Å². The van der Waals surface area contributed by atoms with Gasteiger partial charge in [0.25, 0.3) is 0 Å². The third-order valence-corrected chi connectivity index (χ3v) is 7.38. The highest BCUT2D eigenvalue weighted by Crippen LogP contribution is 2.33. The predicted molar refractivity (Wildman–Crippen MR) is 158 cm³/mol. The summed E-state index contributed by atoms with van der Waals surface area (Å²) in [5, 5.41) is 14.5. The van der Waals surface area contributed by atoms with Crippen LogP contribution in [0, 0.1) is 0 Å². The van der Waals surface area contributed by atoms with Crippen LogP contribution in [-0.2, 0) is 18.4 Å².